The fourth-order valence-electron chi connectivity index (χ4n) is 2.44. The predicted octanol–water partition coefficient (Wildman–Crippen LogP) is 2.71. The number of benzene rings is 1. The topological polar surface area (TPSA) is 57.6 Å². The number of carbonyl (C=O) groups is 2. The van der Waals surface area contributed by atoms with Gasteiger partial charge in [0.1, 0.15) is 6.04 Å². The van der Waals surface area contributed by atoms with E-state index in [0.717, 1.165) is 4.90 Å². The van der Waals surface area contributed by atoms with E-state index in [1.165, 1.54) is 24.3 Å². The summed E-state index contributed by atoms with van der Waals surface area (Å²) in [4.78, 5) is 24.1. The molecule has 0 aromatic heterocycles. The molecule has 22 heavy (non-hydrogen) atoms. The van der Waals surface area contributed by atoms with Crippen LogP contribution in [0.2, 0.25) is 0 Å². The number of hydrogen-bond acceptors (Lipinski definition) is 2. The summed E-state index contributed by atoms with van der Waals surface area (Å²) in [6.07, 6.45) is -3.50. The fourth-order valence-corrected chi connectivity index (χ4v) is 2.44. The van der Waals surface area contributed by atoms with Gasteiger partial charge >= 0.3 is 12.1 Å². The molecule has 1 aromatic carbocycles. The predicted molar refractivity (Wildman–Crippen MR) is 72.8 cm³/mol. The van der Waals surface area contributed by atoms with Gasteiger partial charge < -0.3 is 10.0 Å². The van der Waals surface area contributed by atoms with Crippen molar-refractivity contribution in [3.8, 4) is 0 Å². The molecule has 1 unspecified atom stereocenters. The molecular formula is C15H14F3NO3. The molecule has 7 heteroatoms. The molecule has 4 nitrogen and oxygen atoms in total. The quantitative estimate of drug-likeness (QED) is 0.873. The van der Waals surface area contributed by atoms with Crippen LogP contribution in [0.15, 0.2) is 36.4 Å². The molecule has 1 aliphatic rings. The average Bonchev–Trinajstić information content (AvgIpc) is 2.94. The van der Waals surface area contributed by atoms with Gasteiger partial charge in [0.25, 0.3) is 0 Å². The maximum atomic E-state index is 13.2. The SMILES string of the molecule is O=C(O)C1CCCN1C(=O)/C=C(/c1ccccc1)C(F)(F)F. The van der Waals surface area contributed by atoms with E-state index in [4.69, 9.17) is 5.11 Å². The molecule has 1 heterocycles. The van der Waals surface area contributed by atoms with Crippen LogP contribution >= 0.6 is 0 Å². The van der Waals surface area contributed by atoms with Crippen LogP contribution in [0.4, 0.5) is 13.2 Å². The highest BCUT2D eigenvalue weighted by Crippen LogP contribution is 2.34. The lowest BCUT2D eigenvalue weighted by atomic mass is 10.0. The number of nitrogens with zero attached hydrogens (tertiary/aromatic N) is 1. The Hall–Kier alpha value is -2.31. The Morgan fingerprint density at radius 3 is 2.41 bits per heavy atom. The van der Waals surface area contributed by atoms with Gasteiger partial charge in [-0.15, -0.1) is 0 Å². The van der Waals surface area contributed by atoms with Crippen LogP contribution in [-0.2, 0) is 9.59 Å². The van der Waals surface area contributed by atoms with Crippen molar-refractivity contribution in [3.05, 3.63) is 42.0 Å². The van der Waals surface area contributed by atoms with Crippen LogP contribution in [0.5, 0.6) is 0 Å². The molecule has 0 bridgehead atoms. The summed E-state index contributed by atoms with van der Waals surface area (Å²) in [6.45, 7) is 0.145. The molecule has 1 atom stereocenters. The second kappa shape index (κ2) is 6.21. The number of carbonyl (C=O) groups excluding carboxylic acids is 1. The molecule has 1 fully saturated rings. The highest BCUT2D eigenvalue weighted by Gasteiger charge is 2.38. The number of rotatable bonds is 3. The standard InChI is InChI=1S/C15H14F3NO3/c16-15(17,18)11(10-5-2-1-3-6-10)9-13(20)19-8-4-7-12(19)14(21)22/h1-3,5-6,9,12H,4,7-8H2,(H,21,22)/b11-9-. The molecule has 118 valence electrons. The number of aliphatic carboxylic acids is 1. The first-order valence-corrected chi connectivity index (χ1v) is 6.68. The third-order valence-corrected chi connectivity index (χ3v) is 3.48. The number of alkyl halides is 3. The first-order valence-electron chi connectivity index (χ1n) is 6.68. The number of carboxylic acid groups (broad SMARTS) is 1. The molecule has 1 N–H and O–H groups in total. The summed E-state index contributed by atoms with van der Waals surface area (Å²) in [5.41, 5.74) is -1.21. The first kappa shape index (κ1) is 16.1. The molecule has 0 saturated carbocycles. The van der Waals surface area contributed by atoms with Crippen LogP contribution in [-0.4, -0.2) is 40.6 Å². The summed E-state index contributed by atoms with van der Waals surface area (Å²) in [6, 6.07) is 5.90. The monoisotopic (exact) mass is 313 g/mol. The van der Waals surface area contributed by atoms with Gasteiger partial charge in [-0.25, -0.2) is 4.79 Å². The van der Waals surface area contributed by atoms with E-state index >= 15 is 0 Å². The Labute approximate surface area is 124 Å². The van der Waals surface area contributed by atoms with E-state index in [0.29, 0.717) is 12.5 Å². The molecular weight excluding hydrogens is 299 g/mol. The normalized spacial score (nSPS) is 19.3. The molecule has 1 aliphatic heterocycles. The highest BCUT2D eigenvalue weighted by molar-refractivity contribution is 5.98. The van der Waals surface area contributed by atoms with Gasteiger partial charge in [-0.05, 0) is 18.4 Å². The highest BCUT2D eigenvalue weighted by atomic mass is 19.4. The van der Waals surface area contributed by atoms with E-state index in [1.54, 1.807) is 6.07 Å². The Balaban J connectivity index is 2.34. The molecule has 0 radical (unpaired) electrons. The van der Waals surface area contributed by atoms with Gasteiger partial charge in [-0.2, -0.15) is 13.2 Å². The number of carboxylic acids is 1. The minimum absolute atomic E-state index is 0.130. The minimum atomic E-state index is -4.70. The third-order valence-electron chi connectivity index (χ3n) is 3.48. The molecule has 0 spiro atoms. The fraction of sp³-hybridized carbons (Fsp3) is 0.333. The third kappa shape index (κ3) is 3.47. The lowest BCUT2D eigenvalue weighted by Crippen LogP contribution is -2.39. The first-order chi connectivity index (χ1) is 10.3. The summed E-state index contributed by atoms with van der Waals surface area (Å²) < 4.78 is 39.5. The molecule has 1 aromatic rings. The Bertz CT molecular complexity index is 596. The van der Waals surface area contributed by atoms with Crippen LogP contribution in [0.1, 0.15) is 18.4 Å². The van der Waals surface area contributed by atoms with Crippen molar-refractivity contribution in [2.75, 3.05) is 6.54 Å². The molecule has 1 saturated heterocycles. The minimum Gasteiger partial charge on any atom is -0.480 e. The van der Waals surface area contributed by atoms with Gasteiger partial charge in [0, 0.05) is 12.6 Å². The van der Waals surface area contributed by atoms with Gasteiger partial charge in [-0.1, -0.05) is 30.3 Å². The summed E-state index contributed by atoms with van der Waals surface area (Å²) >= 11 is 0. The number of halogens is 3. The largest absolute Gasteiger partial charge is 0.480 e. The van der Waals surface area contributed by atoms with Crippen molar-refractivity contribution < 1.29 is 27.9 Å². The Morgan fingerprint density at radius 2 is 1.86 bits per heavy atom. The summed E-state index contributed by atoms with van der Waals surface area (Å²) in [5.74, 6) is -2.13. The van der Waals surface area contributed by atoms with Crippen molar-refractivity contribution in [2.24, 2.45) is 0 Å². The summed E-state index contributed by atoms with van der Waals surface area (Å²) in [7, 11) is 0. The van der Waals surface area contributed by atoms with Crippen LogP contribution in [0, 0.1) is 0 Å². The van der Waals surface area contributed by atoms with Gasteiger partial charge in [0.15, 0.2) is 0 Å². The van der Waals surface area contributed by atoms with Crippen LogP contribution < -0.4 is 0 Å². The second-order valence-electron chi connectivity index (χ2n) is 4.95. The van der Waals surface area contributed by atoms with E-state index in [9.17, 15) is 22.8 Å². The smallest absolute Gasteiger partial charge is 0.417 e. The maximum absolute atomic E-state index is 13.2. The van der Waals surface area contributed by atoms with E-state index < -0.39 is 29.7 Å². The zero-order chi connectivity index (χ0) is 16.3. The van der Waals surface area contributed by atoms with Crippen molar-refractivity contribution in [3.63, 3.8) is 0 Å². The Morgan fingerprint density at radius 1 is 1.23 bits per heavy atom. The zero-order valence-corrected chi connectivity index (χ0v) is 11.5. The van der Waals surface area contributed by atoms with Crippen LogP contribution in [0.3, 0.4) is 0 Å². The van der Waals surface area contributed by atoms with Gasteiger partial charge in [-0.3, -0.25) is 4.79 Å². The van der Waals surface area contributed by atoms with Crippen molar-refractivity contribution in [1.29, 1.82) is 0 Å². The second-order valence-corrected chi connectivity index (χ2v) is 4.95. The molecule has 2 rings (SSSR count). The number of allylic oxidation sites excluding steroid dienone is 1. The number of likely N-dealkylation sites (tertiary alicyclic amines) is 1. The van der Waals surface area contributed by atoms with Gasteiger partial charge in [0.05, 0.1) is 5.57 Å². The van der Waals surface area contributed by atoms with Crippen molar-refractivity contribution >= 4 is 17.4 Å². The molecule has 1 amide bonds. The molecule has 0 aliphatic carbocycles. The van der Waals surface area contributed by atoms with E-state index in [-0.39, 0.29) is 18.5 Å². The number of amides is 1. The Kier molecular flexibility index (Phi) is 4.54. The lowest BCUT2D eigenvalue weighted by molar-refractivity contribution is -0.146. The van der Waals surface area contributed by atoms with Crippen LogP contribution in [0.25, 0.3) is 5.57 Å². The average molecular weight is 313 g/mol. The maximum Gasteiger partial charge on any atom is 0.417 e. The van der Waals surface area contributed by atoms with Crippen molar-refractivity contribution in [1.82, 2.24) is 4.90 Å². The van der Waals surface area contributed by atoms with E-state index in [1.807, 2.05) is 0 Å². The van der Waals surface area contributed by atoms with Gasteiger partial charge in [0.2, 0.25) is 5.91 Å². The lowest BCUT2D eigenvalue weighted by Gasteiger charge is -2.21. The van der Waals surface area contributed by atoms with Crippen molar-refractivity contribution in [2.45, 2.75) is 25.1 Å². The zero-order valence-electron chi connectivity index (χ0n) is 11.5. The van der Waals surface area contributed by atoms with E-state index in [2.05, 4.69) is 0 Å². The summed E-state index contributed by atoms with van der Waals surface area (Å²) in [5, 5.41) is 9.01. The number of hydrogen-bond donors (Lipinski definition) is 1.